The van der Waals surface area contributed by atoms with E-state index >= 15 is 0 Å². The second-order valence-electron chi connectivity index (χ2n) is 4.40. The van der Waals surface area contributed by atoms with E-state index in [1.165, 1.54) is 0 Å². The van der Waals surface area contributed by atoms with E-state index in [0.29, 0.717) is 5.02 Å². The molecule has 0 aliphatic heterocycles. The molecule has 1 aromatic heterocycles. The molecular weight excluding hydrogens is 338 g/mol. The number of fused-ring (bicyclic) bond motifs is 1. The fraction of sp³-hybridized carbons (Fsp3) is 0. The highest BCUT2D eigenvalue weighted by Crippen LogP contribution is 2.27. The number of nitrogens with two attached hydrogens (primary N) is 1. The zero-order valence-electron chi connectivity index (χ0n) is 10.4. The van der Waals surface area contributed by atoms with E-state index in [1.807, 2.05) is 48.5 Å². The van der Waals surface area contributed by atoms with Gasteiger partial charge in [-0.3, -0.25) is 0 Å². The summed E-state index contributed by atoms with van der Waals surface area (Å²) in [5.74, 6) is 0.775. The smallest absolute Gasteiger partial charge is 0.131 e. The van der Waals surface area contributed by atoms with Crippen molar-refractivity contribution in [1.82, 2.24) is 4.98 Å². The van der Waals surface area contributed by atoms with Gasteiger partial charge in [-0.15, -0.1) is 0 Å². The van der Waals surface area contributed by atoms with E-state index in [9.17, 15) is 0 Å². The molecule has 0 atom stereocenters. The summed E-state index contributed by atoms with van der Waals surface area (Å²) in [6.45, 7) is 0. The normalized spacial score (nSPS) is 10.7. The van der Waals surface area contributed by atoms with Crippen LogP contribution in [0.15, 0.2) is 53.0 Å². The van der Waals surface area contributed by atoms with E-state index in [1.54, 1.807) is 0 Å². The summed E-state index contributed by atoms with van der Waals surface area (Å²) in [5, 5.41) is 4.95. The molecular formula is C15H11BrClN3. The molecule has 3 N–H and O–H groups in total. The number of nitrogens with zero attached hydrogens (tertiary/aromatic N) is 1. The molecule has 0 fully saturated rings. The van der Waals surface area contributed by atoms with Gasteiger partial charge in [-0.25, -0.2) is 4.98 Å². The van der Waals surface area contributed by atoms with Gasteiger partial charge in [-0.05, 0) is 64.5 Å². The molecule has 0 saturated heterocycles. The fourth-order valence-corrected chi connectivity index (χ4v) is 2.43. The highest BCUT2D eigenvalue weighted by molar-refractivity contribution is 9.10. The van der Waals surface area contributed by atoms with Gasteiger partial charge in [0, 0.05) is 21.2 Å². The Hall–Kier alpha value is -1.78. The van der Waals surface area contributed by atoms with E-state index in [0.717, 1.165) is 32.6 Å². The van der Waals surface area contributed by atoms with E-state index < -0.39 is 0 Å². The van der Waals surface area contributed by atoms with Crippen molar-refractivity contribution in [2.24, 2.45) is 0 Å². The summed E-state index contributed by atoms with van der Waals surface area (Å²) in [5.41, 5.74) is 8.31. The van der Waals surface area contributed by atoms with Gasteiger partial charge in [0.2, 0.25) is 0 Å². The predicted octanol–water partition coefficient (Wildman–Crippen LogP) is 4.98. The molecule has 0 aliphatic rings. The molecule has 0 radical (unpaired) electrons. The van der Waals surface area contributed by atoms with Gasteiger partial charge >= 0.3 is 0 Å². The Bertz CT molecular complexity index is 789. The summed E-state index contributed by atoms with van der Waals surface area (Å²) in [6, 6.07) is 15.2. The standard InChI is InChI=1S/C15H11BrClN3/c16-12-8-11(3-4-13(12)17)19-15-6-1-9-7-10(18)2-5-14(9)20-15/h1-8H,18H2,(H,19,20). The van der Waals surface area contributed by atoms with Crippen molar-refractivity contribution >= 4 is 55.6 Å². The van der Waals surface area contributed by atoms with Crippen LogP contribution in [0.3, 0.4) is 0 Å². The Balaban J connectivity index is 1.94. The van der Waals surface area contributed by atoms with Gasteiger partial charge in [0.25, 0.3) is 0 Å². The first-order chi connectivity index (χ1) is 9.61. The van der Waals surface area contributed by atoms with Crippen LogP contribution in [0, 0.1) is 0 Å². The van der Waals surface area contributed by atoms with E-state index in [-0.39, 0.29) is 0 Å². The van der Waals surface area contributed by atoms with Crippen LogP contribution in [-0.4, -0.2) is 4.98 Å². The molecule has 0 bridgehead atoms. The monoisotopic (exact) mass is 347 g/mol. The molecule has 20 heavy (non-hydrogen) atoms. The van der Waals surface area contributed by atoms with Crippen molar-refractivity contribution in [3.05, 3.63) is 58.0 Å². The maximum atomic E-state index is 5.97. The number of nitrogens with one attached hydrogen (secondary N) is 1. The lowest BCUT2D eigenvalue weighted by molar-refractivity contribution is 1.37. The molecule has 0 aliphatic carbocycles. The average molecular weight is 349 g/mol. The van der Waals surface area contributed by atoms with Gasteiger partial charge in [0.05, 0.1) is 10.5 Å². The minimum Gasteiger partial charge on any atom is -0.399 e. The summed E-state index contributed by atoms with van der Waals surface area (Å²) < 4.78 is 0.845. The van der Waals surface area contributed by atoms with Crippen LogP contribution in [0.4, 0.5) is 17.2 Å². The van der Waals surface area contributed by atoms with Crippen molar-refractivity contribution in [3.8, 4) is 0 Å². The van der Waals surface area contributed by atoms with Gasteiger partial charge < -0.3 is 11.1 Å². The van der Waals surface area contributed by atoms with Gasteiger partial charge in [0.15, 0.2) is 0 Å². The summed E-state index contributed by atoms with van der Waals surface area (Å²) in [4.78, 5) is 4.55. The average Bonchev–Trinajstić information content (AvgIpc) is 2.43. The van der Waals surface area contributed by atoms with Crippen LogP contribution in [0.5, 0.6) is 0 Å². The van der Waals surface area contributed by atoms with Crippen molar-refractivity contribution in [2.75, 3.05) is 11.1 Å². The second-order valence-corrected chi connectivity index (χ2v) is 5.66. The maximum Gasteiger partial charge on any atom is 0.131 e. The fourth-order valence-electron chi connectivity index (χ4n) is 1.94. The van der Waals surface area contributed by atoms with E-state index in [2.05, 4.69) is 26.2 Å². The zero-order chi connectivity index (χ0) is 14.1. The van der Waals surface area contributed by atoms with Crippen molar-refractivity contribution in [1.29, 1.82) is 0 Å². The Kier molecular flexibility index (Phi) is 3.51. The summed E-state index contributed by atoms with van der Waals surface area (Å²) in [6.07, 6.45) is 0. The number of halogens is 2. The van der Waals surface area contributed by atoms with Crippen LogP contribution >= 0.6 is 27.5 Å². The highest BCUT2D eigenvalue weighted by atomic mass is 79.9. The first-order valence-electron chi connectivity index (χ1n) is 6.00. The number of anilines is 3. The molecule has 2 aromatic carbocycles. The summed E-state index contributed by atoms with van der Waals surface area (Å²) in [7, 11) is 0. The van der Waals surface area contributed by atoms with Crippen LogP contribution in [-0.2, 0) is 0 Å². The molecule has 3 rings (SSSR count). The Morgan fingerprint density at radius 2 is 1.90 bits per heavy atom. The lowest BCUT2D eigenvalue weighted by Gasteiger charge is -2.08. The maximum absolute atomic E-state index is 5.97. The number of rotatable bonds is 2. The lowest BCUT2D eigenvalue weighted by Crippen LogP contribution is -1.94. The van der Waals surface area contributed by atoms with Gasteiger partial charge in [-0.1, -0.05) is 11.6 Å². The van der Waals surface area contributed by atoms with Crippen LogP contribution in [0.1, 0.15) is 0 Å². The third kappa shape index (κ3) is 2.71. The molecule has 1 heterocycles. The molecule has 0 spiro atoms. The Labute approximate surface area is 129 Å². The second kappa shape index (κ2) is 5.31. The first-order valence-corrected chi connectivity index (χ1v) is 7.17. The number of benzene rings is 2. The molecule has 5 heteroatoms. The topological polar surface area (TPSA) is 50.9 Å². The summed E-state index contributed by atoms with van der Waals surface area (Å²) >= 11 is 9.38. The zero-order valence-corrected chi connectivity index (χ0v) is 12.7. The van der Waals surface area contributed by atoms with Crippen molar-refractivity contribution in [2.45, 2.75) is 0 Å². The molecule has 3 nitrogen and oxygen atoms in total. The third-order valence-electron chi connectivity index (χ3n) is 2.91. The third-order valence-corrected chi connectivity index (χ3v) is 4.12. The SMILES string of the molecule is Nc1ccc2nc(Nc3ccc(Cl)c(Br)c3)ccc2c1. The van der Waals surface area contributed by atoms with Gasteiger partial charge in [-0.2, -0.15) is 0 Å². The lowest BCUT2D eigenvalue weighted by atomic mass is 10.2. The Morgan fingerprint density at radius 1 is 1.05 bits per heavy atom. The Morgan fingerprint density at radius 3 is 2.70 bits per heavy atom. The van der Waals surface area contributed by atoms with Crippen molar-refractivity contribution < 1.29 is 0 Å². The largest absolute Gasteiger partial charge is 0.399 e. The minimum absolute atomic E-state index is 0.678. The number of aromatic nitrogens is 1. The highest BCUT2D eigenvalue weighted by Gasteiger charge is 2.02. The number of hydrogen-bond acceptors (Lipinski definition) is 3. The minimum atomic E-state index is 0.678. The van der Waals surface area contributed by atoms with Gasteiger partial charge in [0.1, 0.15) is 5.82 Å². The van der Waals surface area contributed by atoms with Crippen LogP contribution < -0.4 is 11.1 Å². The number of pyridine rings is 1. The first kappa shape index (κ1) is 13.2. The van der Waals surface area contributed by atoms with Crippen molar-refractivity contribution in [3.63, 3.8) is 0 Å². The molecule has 0 unspecified atom stereocenters. The quantitative estimate of drug-likeness (QED) is 0.642. The number of hydrogen-bond donors (Lipinski definition) is 2. The predicted molar refractivity (Wildman–Crippen MR) is 88.6 cm³/mol. The molecule has 0 amide bonds. The molecule has 0 saturated carbocycles. The van der Waals surface area contributed by atoms with E-state index in [4.69, 9.17) is 17.3 Å². The van der Waals surface area contributed by atoms with Crippen LogP contribution in [0.2, 0.25) is 5.02 Å². The van der Waals surface area contributed by atoms with Crippen LogP contribution in [0.25, 0.3) is 10.9 Å². The number of nitrogen functional groups attached to an aromatic ring is 1. The molecule has 3 aromatic rings. The molecule has 100 valence electrons.